The summed E-state index contributed by atoms with van der Waals surface area (Å²) < 4.78 is 1.93. The first-order chi connectivity index (χ1) is 23.8. The Morgan fingerprint density at radius 3 is 2.40 bits per heavy atom. The number of phenolic OH excluding ortho intramolecular Hbond substituents is 2. The maximum Gasteiger partial charge on any atom is 0.262 e. The predicted octanol–water partition coefficient (Wildman–Crippen LogP) is 3.54. The molecule has 50 heavy (non-hydrogen) atoms. The van der Waals surface area contributed by atoms with Gasteiger partial charge < -0.3 is 46.1 Å². The number of benzene rings is 3. The number of carbonyl (C=O) groups excluding carboxylic acids is 1. The van der Waals surface area contributed by atoms with Gasteiger partial charge in [-0.05, 0) is 77.9 Å². The number of anilines is 2. The van der Waals surface area contributed by atoms with Gasteiger partial charge in [0.15, 0.2) is 6.35 Å². The SMILES string of the molecule is CC(C)c1cc(C(N)N(c2ccc3c(ccn3CN(C)C(=O)c3ccc(CCc4c[nH]c5nc(N)[nH]c(=O)c45)cc3)c2)C(N)O)c(O)cc1O. The second-order valence-corrected chi connectivity index (χ2v) is 12.7. The van der Waals surface area contributed by atoms with Gasteiger partial charge in [-0.3, -0.25) is 20.3 Å². The fourth-order valence-electron chi connectivity index (χ4n) is 6.33. The first-order valence-electron chi connectivity index (χ1n) is 16.1. The summed E-state index contributed by atoms with van der Waals surface area (Å²) in [5, 5.41) is 32.8. The molecule has 14 nitrogen and oxygen atoms in total. The van der Waals surface area contributed by atoms with Crippen LogP contribution in [0.3, 0.4) is 0 Å². The summed E-state index contributed by atoms with van der Waals surface area (Å²) in [6.07, 6.45) is 2.38. The molecule has 0 spiro atoms. The van der Waals surface area contributed by atoms with Gasteiger partial charge in [-0.1, -0.05) is 26.0 Å². The highest BCUT2D eigenvalue weighted by Crippen LogP contribution is 2.37. The summed E-state index contributed by atoms with van der Waals surface area (Å²) in [6.45, 7) is 4.10. The number of hydrogen-bond acceptors (Lipinski definition) is 10. The topological polar surface area (TPSA) is 229 Å². The van der Waals surface area contributed by atoms with E-state index in [0.29, 0.717) is 46.3 Å². The summed E-state index contributed by atoms with van der Waals surface area (Å²) in [5.74, 6) is -0.385. The van der Waals surface area contributed by atoms with Crippen molar-refractivity contribution in [1.29, 1.82) is 0 Å². The molecule has 0 radical (unpaired) electrons. The van der Waals surface area contributed by atoms with Crippen molar-refractivity contribution in [2.75, 3.05) is 17.7 Å². The number of aryl methyl sites for hydroxylation is 2. The summed E-state index contributed by atoms with van der Waals surface area (Å²) in [7, 11) is 1.73. The molecular formula is C36H41N9O5. The van der Waals surface area contributed by atoms with Crippen molar-refractivity contribution in [3.63, 3.8) is 0 Å². The van der Waals surface area contributed by atoms with Crippen molar-refractivity contribution < 1.29 is 20.1 Å². The van der Waals surface area contributed by atoms with Crippen molar-refractivity contribution in [3.05, 3.63) is 111 Å². The number of aliphatic hydroxyl groups is 1. The maximum atomic E-state index is 13.4. The second kappa shape index (κ2) is 13.6. The van der Waals surface area contributed by atoms with Crippen molar-refractivity contribution in [2.45, 2.75) is 51.8 Å². The zero-order chi connectivity index (χ0) is 35.9. The van der Waals surface area contributed by atoms with E-state index in [2.05, 4.69) is 15.0 Å². The fourth-order valence-corrected chi connectivity index (χ4v) is 6.33. The van der Waals surface area contributed by atoms with Gasteiger partial charge in [0.1, 0.15) is 23.3 Å². The lowest BCUT2D eigenvalue weighted by Gasteiger charge is -2.34. The molecule has 6 rings (SSSR count). The van der Waals surface area contributed by atoms with Gasteiger partial charge in [0.05, 0.1) is 12.1 Å². The van der Waals surface area contributed by atoms with Crippen molar-refractivity contribution in [1.82, 2.24) is 24.4 Å². The molecule has 0 saturated carbocycles. The van der Waals surface area contributed by atoms with Crippen LogP contribution in [0.15, 0.2) is 77.9 Å². The third-order valence-electron chi connectivity index (χ3n) is 8.99. The molecule has 3 aromatic carbocycles. The van der Waals surface area contributed by atoms with Crippen molar-refractivity contribution in [3.8, 4) is 11.5 Å². The average Bonchev–Trinajstić information content (AvgIpc) is 3.66. The van der Waals surface area contributed by atoms with Crippen LogP contribution in [0.2, 0.25) is 0 Å². The summed E-state index contributed by atoms with van der Waals surface area (Å²) in [4.78, 5) is 38.4. The van der Waals surface area contributed by atoms with Gasteiger partial charge in [-0.25, -0.2) is 0 Å². The number of phenols is 2. The summed E-state index contributed by atoms with van der Waals surface area (Å²) in [5.41, 5.74) is 23.0. The number of H-pyrrole nitrogens is 2. The van der Waals surface area contributed by atoms with E-state index in [1.165, 1.54) is 11.0 Å². The molecule has 14 heteroatoms. The van der Waals surface area contributed by atoms with Gasteiger partial charge >= 0.3 is 0 Å². The number of nitrogens with zero attached hydrogens (tertiary/aromatic N) is 4. The molecule has 0 aliphatic rings. The first kappa shape index (κ1) is 34.0. The maximum absolute atomic E-state index is 13.4. The molecule has 260 valence electrons. The number of aromatic hydroxyl groups is 2. The van der Waals surface area contributed by atoms with E-state index in [-0.39, 0.29) is 41.5 Å². The van der Waals surface area contributed by atoms with Crippen molar-refractivity contribution >= 4 is 39.5 Å². The quantitative estimate of drug-likeness (QED) is 0.0929. The number of nitrogens with two attached hydrogens (primary N) is 3. The van der Waals surface area contributed by atoms with Crippen LogP contribution in [0, 0.1) is 0 Å². The third kappa shape index (κ3) is 6.59. The Morgan fingerprint density at radius 1 is 0.980 bits per heavy atom. The molecule has 6 aromatic rings. The molecule has 2 atom stereocenters. The predicted molar refractivity (Wildman–Crippen MR) is 192 cm³/mol. The molecule has 3 aromatic heterocycles. The molecule has 1 amide bonds. The zero-order valence-corrected chi connectivity index (χ0v) is 28.0. The van der Waals surface area contributed by atoms with E-state index < -0.39 is 12.5 Å². The molecule has 2 unspecified atom stereocenters. The highest BCUT2D eigenvalue weighted by Gasteiger charge is 2.26. The monoisotopic (exact) mass is 679 g/mol. The number of nitrogen functional groups attached to an aromatic ring is 1. The third-order valence-corrected chi connectivity index (χ3v) is 8.99. The molecule has 0 saturated heterocycles. The highest BCUT2D eigenvalue weighted by atomic mass is 16.3. The largest absolute Gasteiger partial charge is 0.508 e. The standard InChI is InChI=1S/C36H41N9O5/c1-19(2)25-15-26(29(47)16-28(25)46)31(37)45(36(39)50)24-10-11-27-22(14-24)12-13-44(27)18-43(3)34(49)21-7-4-20(5-8-21)6-9-23-17-40-32-30(23)33(48)42-35(38)41-32/h4-5,7-8,10-17,19,31,36,46-47,50H,6,9,18,37,39H2,1-3H3,(H4,38,40,41,42,48). The zero-order valence-electron chi connectivity index (χ0n) is 28.0. The number of aromatic nitrogens is 4. The Kier molecular flexibility index (Phi) is 9.25. The van der Waals surface area contributed by atoms with Gasteiger partial charge in [0.2, 0.25) is 5.95 Å². The molecule has 0 bridgehead atoms. The summed E-state index contributed by atoms with van der Waals surface area (Å²) in [6, 6.07) is 17.6. The average molecular weight is 680 g/mol. The lowest BCUT2D eigenvalue weighted by atomic mass is 9.97. The molecule has 11 N–H and O–H groups in total. The number of carbonyl (C=O) groups is 1. The van der Waals surface area contributed by atoms with Crippen LogP contribution in [-0.4, -0.2) is 59.0 Å². The van der Waals surface area contributed by atoms with E-state index in [1.807, 2.05) is 54.9 Å². The number of amides is 1. The number of rotatable bonds is 11. The minimum Gasteiger partial charge on any atom is -0.508 e. The Bertz CT molecular complexity index is 2240. The van der Waals surface area contributed by atoms with E-state index in [1.54, 1.807) is 42.4 Å². The summed E-state index contributed by atoms with van der Waals surface area (Å²) >= 11 is 0. The highest BCUT2D eigenvalue weighted by molar-refractivity contribution is 5.94. The van der Waals surface area contributed by atoms with Gasteiger partial charge in [0, 0.05) is 53.2 Å². The molecule has 0 aliphatic carbocycles. The molecule has 0 aliphatic heterocycles. The van der Waals surface area contributed by atoms with Crippen LogP contribution in [0.5, 0.6) is 11.5 Å². The number of aromatic amines is 2. The fraction of sp³-hybridized carbons (Fsp3) is 0.250. The lowest BCUT2D eigenvalue weighted by Crippen LogP contribution is -2.47. The minimum atomic E-state index is -1.49. The van der Waals surface area contributed by atoms with Crippen LogP contribution in [0.25, 0.3) is 21.9 Å². The Hall–Kier alpha value is -5.83. The van der Waals surface area contributed by atoms with Gasteiger partial charge in [0.25, 0.3) is 11.5 Å². The Morgan fingerprint density at radius 2 is 1.70 bits per heavy atom. The Balaban J connectivity index is 1.14. The van der Waals surface area contributed by atoms with Crippen LogP contribution in [-0.2, 0) is 19.5 Å². The van der Waals surface area contributed by atoms with Gasteiger partial charge in [-0.15, -0.1) is 0 Å². The minimum absolute atomic E-state index is 0.0339. The van der Waals surface area contributed by atoms with E-state index >= 15 is 0 Å². The van der Waals surface area contributed by atoms with Crippen molar-refractivity contribution in [2.24, 2.45) is 11.5 Å². The number of hydrogen-bond donors (Lipinski definition) is 8. The molecular weight excluding hydrogens is 638 g/mol. The van der Waals surface area contributed by atoms with Crippen LogP contribution >= 0.6 is 0 Å². The molecule has 0 fully saturated rings. The number of aliphatic hydroxyl groups excluding tert-OH is 1. The van der Waals surface area contributed by atoms with E-state index in [9.17, 15) is 24.9 Å². The van der Waals surface area contributed by atoms with Crippen LogP contribution < -0.4 is 27.7 Å². The number of fused-ring (bicyclic) bond motifs is 2. The second-order valence-electron chi connectivity index (χ2n) is 12.7. The number of nitrogens with one attached hydrogen (secondary N) is 2. The normalized spacial score (nSPS) is 12.9. The lowest BCUT2D eigenvalue weighted by molar-refractivity contribution is 0.0755. The van der Waals surface area contributed by atoms with E-state index in [0.717, 1.165) is 22.0 Å². The molecule has 3 heterocycles. The van der Waals surface area contributed by atoms with E-state index in [4.69, 9.17) is 17.2 Å². The Labute approximate surface area is 287 Å². The smallest absolute Gasteiger partial charge is 0.262 e. The van der Waals surface area contributed by atoms with Crippen LogP contribution in [0.4, 0.5) is 11.6 Å². The van der Waals surface area contributed by atoms with Crippen LogP contribution in [0.1, 0.15) is 58.5 Å². The first-order valence-corrected chi connectivity index (χ1v) is 16.1. The van der Waals surface area contributed by atoms with Gasteiger partial charge in [-0.2, -0.15) is 4.98 Å².